The molecule has 21 heteroatoms. The number of nitrogens with one attached hydrogen (secondary N) is 3. The molecule has 0 spiro atoms. The maximum Gasteiger partial charge on any atom is 0.329 e. The van der Waals surface area contributed by atoms with Gasteiger partial charge in [0.2, 0.25) is 41.4 Å². The molecule has 7 amide bonds. The summed E-state index contributed by atoms with van der Waals surface area (Å²) in [6, 6.07) is -1.96. The fourth-order valence-corrected chi connectivity index (χ4v) is 10.5. The van der Waals surface area contributed by atoms with Crippen molar-refractivity contribution in [3.63, 3.8) is 0 Å². The number of aliphatic hydroxyl groups is 1. The van der Waals surface area contributed by atoms with Gasteiger partial charge in [-0.3, -0.25) is 43.2 Å². The lowest BCUT2D eigenvalue weighted by Crippen LogP contribution is -2.62. The molecule has 3 saturated heterocycles. The van der Waals surface area contributed by atoms with Gasteiger partial charge in [-0.25, -0.2) is 4.79 Å². The maximum absolute atomic E-state index is 15.0. The average Bonchev–Trinajstić information content (AvgIpc) is 4.12. The van der Waals surface area contributed by atoms with E-state index in [1.54, 1.807) is 58.9 Å². The molecular formula is C58H89N7O14. The summed E-state index contributed by atoms with van der Waals surface area (Å²) in [5.41, 5.74) is 0.827. The van der Waals surface area contributed by atoms with Crippen molar-refractivity contribution in [1.29, 1.82) is 0 Å². The van der Waals surface area contributed by atoms with Gasteiger partial charge in [-0.15, -0.1) is 0 Å². The lowest BCUT2D eigenvalue weighted by Gasteiger charge is -2.36. The number of Topliss-reactive ketones (excluding diaryl/α,β-unsaturated/α-hetero) is 1. The summed E-state index contributed by atoms with van der Waals surface area (Å²) in [4.78, 5) is 149. The molecule has 1 aromatic carbocycles. The minimum absolute atomic E-state index is 0.104. The smallest absolute Gasteiger partial charge is 0.329 e. The molecule has 21 nitrogen and oxygen atoms in total. The van der Waals surface area contributed by atoms with Gasteiger partial charge in [0, 0.05) is 39.2 Å². The first-order valence-electron chi connectivity index (χ1n) is 28.0. The summed E-state index contributed by atoms with van der Waals surface area (Å²) >= 11 is 0. The predicted octanol–water partition coefficient (Wildman–Crippen LogP) is 3.51. The number of likely N-dealkylation sites (N-methyl/N-ethyl adjacent to an activating group) is 2. The average molecular weight is 1110 g/mol. The first-order chi connectivity index (χ1) is 37.0. The van der Waals surface area contributed by atoms with Crippen LogP contribution in [0.2, 0.25) is 0 Å². The summed E-state index contributed by atoms with van der Waals surface area (Å²) < 4.78 is 17.3. The maximum atomic E-state index is 15.0. The molecule has 0 bridgehead atoms. The zero-order chi connectivity index (χ0) is 59.3. The van der Waals surface area contributed by atoms with E-state index in [4.69, 9.17) is 14.2 Å². The van der Waals surface area contributed by atoms with Crippen molar-refractivity contribution >= 4 is 59.1 Å². The Balaban J connectivity index is 1.89. The third kappa shape index (κ3) is 16.8. The van der Waals surface area contributed by atoms with Gasteiger partial charge in [0.15, 0.2) is 11.9 Å². The molecule has 3 heterocycles. The molecule has 3 aliphatic rings. The fraction of sp³-hybridized carbons (Fsp3) is 0.690. The minimum Gasteiger partial charge on any atom is -0.497 e. The number of hydrogen-bond acceptors (Lipinski definition) is 14. The highest BCUT2D eigenvalue weighted by Crippen LogP contribution is 2.27. The molecule has 4 rings (SSSR count). The van der Waals surface area contributed by atoms with Crippen molar-refractivity contribution in [2.45, 2.75) is 195 Å². The molecule has 0 unspecified atom stereocenters. The van der Waals surface area contributed by atoms with Crippen LogP contribution in [0.5, 0.6) is 5.75 Å². The summed E-state index contributed by atoms with van der Waals surface area (Å²) in [5, 5.41) is 20.2. The van der Waals surface area contributed by atoms with Gasteiger partial charge in [-0.05, 0) is 101 Å². The third-order valence-electron chi connectivity index (χ3n) is 15.5. The summed E-state index contributed by atoms with van der Waals surface area (Å²) in [6.45, 7) is 22.6. The zero-order valence-corrected chi connectivity index (χ0v) is 49.0. The second kappa shape index (κ2) is 29.2. The second-order valence-corrected chi connectivity index (χ2v) is 23.0. The van der Waals surface area contributed by atoms with Crippen LogP contribution in [-0.4, -0.2) is 179 Å². The lowest BCUT2D eigenvalue weighted by molar-refractivity contribution is -0.163. The van der Waals surface area contributed by atoms with Crippen LogP contribution in [0.3, 0.4) is 0 Å². The number of esters is 2. The van der Waals surface area contributed by atoms with Gasteiger partial charge in [0.05, 0.1) is 31.6 Å². The van der Waals surface area contributed by atoms with E-state index >= 15 is 4.79 Å². The Hall–Kier alpha value is -6.38. The molecule has 440 valence electrons. The van der Waals surface area contributed by atoms with Crippen molar-refractivity contribution in [2.75, 3.05) is 34.3 Å². The van der Waals surface area contributed by atoms with Crippen molar-refractivity contribution in [3.05, 3.63) is 42.0 Å². The number of methoxy groups -OCH3 is 1. The van der Waals surface area contributed by atoms with Gasteiger partial charge in [0.25, 0.3) is 0 Å². The number of aliphatic hydroxyl groups excluding tert-OH is 1. The molecule has 4 N–H and O–H groups in total. The Bertz CT molecular complexity index is 2380. The van der Waals surface area contributed by atoms with Crippen LogP contribution in [0.1, 0.15) is 133 Å². The molecule has 1 aromatic rings. The Morgan fingerprint density at radius 1 is 0.886 bits per heavy atom. The number of ketones is 1. The highest BCUT2D eigenvalue weighted by molar-refractivity contribution is 6.05. The van der Waals surface area contributed by atoms with Crippen LogP contribution in [0.4, 0.5) is 0 Å². The van der Waals surface area contributed by atoms with Gasteiger partial charge in [-0.1, -0.05) is 80.5 Å². The van der Waals surface area contributed by atoms with E-state index in [1.807, 2.05) is 27.7 Å². The SMILES string of the molecule is C=C(C)C(=O)N1CCC[C@H]1C(=O)N(C)[C@@H](CC(C)C)C(=O)N[C@@H]1C(=O)N[C@H]([C@@H](C)CC)[C@@H](O)CC(=O)O[C@@H](C(C)C)C(=O)[C@H](C)C(=O)N[C@@H](CC(C)C)C(=O)N2CCC[C@H]2C(=O)N(C)[C@@H](Cc2ccc(OC)cc2)C(=O)O[C@@H]1C. The molecule has 0 aliphatic carbocycles. The summed E-state index contributed by atoms with van der Waals surface area (Å²) in [6.07, 6.45) is -3.36. The minimum atomic E-state index is -1.74. The number of carbonyl (C=O) groups is 10. The molecule has 12 atom stereocenters. The van der Waals surface area contributed by atoms with E-state index < -0.39 is 144 Å². The molecule has 3 fully saturated rings. The van der Waals surface area contributed by atoms with Crippen LogP contribution in [-0.2, 0) is 63.8 Å². The fourth-order valence-electron chi connectivity index (χ4n) is 10.5. The van der Waals surface area contributed by atoms with Crippen LogP contribution in [0.25, 0.3) is 0 Å². The van der Waals surface area contributed by atoms with Crippen molar-refractivity contribution in [3.8, 4) is 5.75 Å². The topological polar surface area (TPSA) is 268 Å². The number of rotatable bonds is 15. The molecule has 79 heavy (non-hydrogen) atoms. The number of cyclic esters (lactones) is 2. The number of fused-ring (bicyclic) bond motifs is 1. The zero-order valence-electron chi connectivity index (χ0n) is 49.0. The molecule has 0 aromatic heterocycles. The second-order valence-electron chi connectivity index (χ2n) is 23.0. The Labute approximate surface area is 466 Å². The number of amides is 7. The highest BCUT2D eigenvalue weighted by atomic mass is 16.6. The van der Waals surface area contributed by atoms with E-state index in [1.165, 1.54) is 54.7 Å². The van der Waals surface area contributed by atoms with Gasteiger partial charge < -0.3 is 54.9 Å². The van der Waals surface area contributed by atoms with Crippen molar-refractivity contribution in [2.24, 2.45) is 29.6 Å². The van der Waals surface area contributed by atoms with E-state index in [0.717, 1.165) is 0 Å². The van der Waals surface area contributed by atoms with E-state index in [9.17, 15) is 48.3 Å². The van der Waals surface area contributed by atoms with E-state index in [2.05, 4.69) is 22.5 Å². The normalized spacial score (nSPS) is 27.2. The number of nitrogens with zero attached hydrogens (tertiary/aromatic N) is 4. The van der Waals surface area contributed by atoms with Crippen molar-refractivity contribution in [1.82, 2.24) is 35.6 Å². The Kier molecular flexibility index (Phi) is 24.1. The van der Waals surface area contributed by atoms with Gasteiger partial charge in [0.1, 0.15) is 48.1 Å². The quantitative estimate of drug-likeness (QED) is 0.111. The van der Waals surface area contributed by atoms with Crippen molar-refractivity contribution < 1.29 is 67.3 Å². The first-order valence-corrected chi connectivity index (χ1v) is 28.0. The monoisotopic (exact) mass is 1110 g/mol. The first kappa shape index (κ1) is 65.1. The molecule has 3 aliphatic heterocycles. The van der Waals surface area contributed by atoms with Crippen LogP contribution < -0.4 is 20.7 Å². The number of likely N-dealkylation sites (tertiary alicyclic amines) is 1. The van der Waals surface area contributed by atoms with E-state index in [-0.39, 0.29) is 49.6 Å². The van der Waals surface area contributed by atoms with Crippen LogP contribution >= 0.6 is 0 Å². The Morgan fingerprint density at radius 2 is 1.52 bits per heavy atom. The molecular weight excluding hydrogens is 1020 g/mol. The van der Waals surface area contributed by atoms with Crippen LogP contribution in [0, 0.1) is 29.6 Å². The van der Waals surface area contributed by atoms with Crippen LogP contribution in [0.15, 0.2) is 36.4 Å². The number of carbonyl (C=O) groups excluding carboxylic acids is 10. The third-order valence-corrected chi connectivity index (χ3v) is 15.5. The van der Waals surface area contributed by atoms with E-state index in [0.29, 0.717) is 43.5 Å². The molecule has 0 radical (unpaired) electrons. The number of hydrogen-bond donors (Lipinski definition) is 4. The highest BCUT2D eigenvalue weighted by Gasteiger charge is 2.46. The summed E-state index contributed by atoms with van der Waals surface area (Å²) in [7, 11) is 4.35. The largest absolute Gasteiger partial charge is 0.497 e. The standard InChI is InChI=1S/C58H89N7O14/c1-16-35(10)47-45(66)30-46(67)79-50(33(6)7)49(68)36(11)51(69)59-40(27-31(2)3)55(73)65-26-18-20-42(65)57(75)63(14)44(29-38-21-23-39(77-15)24-22-38)58(76)78-37(12)48(53(71)60-47)61-52(70)43(28-32(4)5)62(13)56(74)41-19-17-25-64(41)54(72)34(8)9/h21-24,31-33,35-37,40-45,47-48,50,66H,8,16-20,25-30H2,1-7,9-15H3,(H,59,69)(H,60,71)(H,61,70)/t35-,36-,37+,40-,41-,42-,43-,44-,45-,47+,48-,50-/m0/s1. The Morgan fingerprint density at radius 3 is 2.09 bits per heavy atom. The molecule has 0 saturated carbocycles. The lowest BCUT2D eigenvalue weighted by atomic mass is 9.91. The number of ether oxygens (including phenoxy) is 3. The number of benzene rings is 1. The predicted molar refractivity (Wildman–Crippen MR) is 293 cm³/mol. The van der Waals surface area contributed by atoms with Gasteiger partial charge >= 0.3 is 11.9 Å². The van der Waals surface area contributed by atoms with Gasteiger partial charge in [-0.2, -0.15) is 0 Å². The summed E-state index contributed by atoms with van der Waals surface area (Å²) in [5.74, 6) is -9.78.